The Bertz CT molecular complexity index is 1080. The fourth-order valence-corrected chi connectivity index (χ4v) is 5.16. The number of anilines is 2. The van der Waals surface area contributed by atoms with E-state index >= 15 is 0 Å². The molecule has 2 saturated heterocycles. The number of hydrogen-bond donors (Lipinski definition) is 0. The van der Waals surface area contributed by atoms with Crippen molar-refractivity contribution in [1.82, 2.24) is 0 Å². The van der Waals surface area contributed by atoms with Crippen LogP contribution in [-0.2, 0) is 25.0 Å². The van der Waals surface area contributed by atoms with Crippen LogP contribution in [0.2, 0.25) is 5.82 Å². The molecule has 2 aliphatic rings. The molecule has 39 heavy (non-hydrogen) atoms. The third kappa shape index (κ3) is 5.98. The zero-order valence-corrected chi connectivity index (χ0v) is 26.1. The first-order chi connectivity index (χ1) is 18.1. The summed E-state index contributed by atoms with van der Waals surface area (Å²) < 4.78 is 25.6. The summed E-state index contributed by atoms with van der Waals surface area (Å²) in [4.78, 5) is 2.41. The van der Waals surface area contributed by atoms with E-state index in [1.165, 1.54) is 18.4 Å². The molecule has 0 aromatic heterocycles. The Hall–Kier alpha value is -1.79. The number of rotatable bonds is 9. The van der Waals surface area contributed by atoms with Gasteiger partial charge in [0.25, 0.3) is 0 Å². The van der Waals surface area contributed by atoms with Gasteiger partial charge >= 0.3 is 14.2 Å². The van der Waals surface area contributed by atoms with Crippen LogP contribution >= 0.6 is 0 Å². The maximum Gasteiger partial charge on any atom is 0.494 e. The summed E-state index contributed by atoms with van der Waals surface area (Å²) in [5.74, 6) is 0.119. The molecule has 0 N–H and O–H groups in total. The van der Waals surface area contributed by atoms with Crippen molar-refractivity contribution in [3.8, 4) is 0 Å². The lowest BCUT2D eigenvalue weighted by Crippen LogP contribution is -2.41. The highest BCUT2D eigenvalue weighted by Crippen LogP contribution is 2.43. The molecule has 212 valence electrons. The van der Waals surface area contributed by atoms with Gasteiger partial charge in [-0.2, -0.15) is 0 Å². The van der Waals surface area contributed by atoms with Gasteiger partial charge in [0.15, 0.2) is 0 Å². The first-order valence-corrected chi connectivity index (χ1v) is 14.8. The minimum absolute atomic E-state index is 0.115. The van der Waals surface area contributed by atoms with Crippen molar-refractivity contribution in [3.05, 3.63) is 54.1 Å². The first kappa shape index (κ1) is 30.2. The van der Waals surface area contributed by atoms with Crippen LogP contribution in [0.3, 0.4) is 0 Å². The minimum atomic E-state index is -0.378. The maximum absolute atomic E-state index is 6.48. The molecule has 0 spiro atoms. The quantitative estimate of drug-likeness (QED) is 0.316. The third-order valence-electron chi connectivity index (χ3n) is 9.60. The predicted octanol–water partition coefficient (Wildman–Crippen LogP) is 7.34. The Morgan fingerprint density at radius 1 is 0.667 bits per heavy atom. The Morgan fingerprint density at radius 2 is 1.10 bits per heavy atom. The Labute approximate surface area is 238 Å². The number of unbranched alkanes of at least 4 members (excludes halogenated alkanes) is 1. The summed E-state index contributed by atoms with van der Waals surface area (Å²) in [5, 5.41) is 0. The van der Waals surface area contributed by atoms with Crippen LogP contribution in [-0.4, -0.2) is 42.7 Å². The van der Waals surface area contributed by atoms with Crippen molar-refractivity contribution in [3.63, 3.8) is 0 Å². The van der Waals surface area contributed by atoms with Gasteiger partial charge in [0.05, 0.1) is 22.4 Å². The SMILES string of the molecule is CCCCc1ccc(N(c2ccc(B3OC(C)(C)C(C)(C)O3)cc2)C(C)[C@H](C)B2OC(C)(C)C(C)(C)O2)cc1. The highest BCUT2D eigenvalue weighted by molar-refractivity contribution is 6.62. The number of nitrogens with zero attached hydrogens (tertiary/aromatic N) is 1. The zero-order chi connectivity index (χ0) is 28.8. The Morgan fingerprint density at radius 3 is 1.56 bits per heavy atom. The number of hydrogen-bond acceptors (Lipinski definition) is 5. The molecule has 0 radical (unpaired) electrons. The van der Waals surface area contributed by atoms with Crippen LogP contribution in [0.25, 0.3) is 0 Å². The average molecular weight is 533 g/mol. The van der Waals surface area contributed by atoms with Gasteiger partial charge in [0.1, 0.15) is 0 Å². The summed E-state index contributed by atoms with van der Waals surface area (Å²) in [7, 11) is -0.670. The maximum atomic E-state index is 6.48. The molecule has 0 aliphatic carbocycles. The summed E-state index contributed by atoms with van der Waals surface area (Å²) in [6.45, 7) is 23.6. The standard InChI is InChI=1S/C32H49B2NO4/c1-12-13-14-25-15-19-27(20-16-25)35(24(3)23(2)33-36-29(4,5)30(6,7)37-33)28-21-17-26(18-22-28)34-38-31(8,9)32(10,11)39-34/h15-24H,12-14H2,1-11H3/t23-,24?/m0/s1. The van der Waals surface area contributed by atoms with E-state index in [9.17, 15) is 0 Å². The van der Waals surface area contributed by atoms with Crippen molar-refractivity contribution in [2.75, 3.05) is 4.90 Å². The van der Waals surface area contributed by atoms with Crippen LogP contribution < -0.4 is 10.4 Å². The van der Waals surface area contributed by atoms with E-state index in [4.69, 9.17) is 18.6 Å². The van der Waals surface area contributed by atoms with Crippen molar-refractivity contribution >= 4 is 31.1 Å². The minimum Gasteiger partial charge on any atom is -0.403 e. The molecule has 2 aromatic rings. The first-order valence-electron chi connectivity index (χ1n) is 14.8. The van der Waals surface area contributed by atoms with Gasteiger partial charge in [-0.25, -0.2) is 0 Å². The lowest BCUT2D eigenvalue weighted by Gasteiger charge is -2.36. The third-order valence-corrected chi connectivity index (χ3v) is 9.60. The lowest BCUT2D eigenvalue weighted by molar-refractivity contribution is 0.00578. The molecule has 2 atom stereocenters. The fourth-order valence-electron chi connectivity index (χ4n) is 5.16. The monoisotopic (exact) mass is 533 g/mol. The molecule has 0 saturated carbocycles. The summed E-state index contributed by atoms with van der Waals surface area (Å²) in [6, 6.07) is 17.8. The van der Waals surface area contributed by atoms with Gasteiger partial charge in [-0.15, -0.1) is 0 Å². The van der Waals surface area contributed by atoms with Gasteiger partial charge in [-0.3, -0.25) is 0 Å². The topological polar surface area (TPSA) is 40.2 Å². The van der Waals surface area contributed by atoms with Gasteiger partial charge < -0.3 is 23.5 Å². The molecule has 2 heterocycles. The van der Waals surface area contributed by atoms with E-state index in [1.54, 1.807) is 0 Å². The molecule has 2 aromatic carbocycles. The van der Waals surface area contributed by atoms with E-state index in [1.807, 2.05) is 0 Å². The van der Waals surface area contributed by atoms with Crippen LogP contribution in [0.4, 0.5) is 11.4 Å². The second kappa shape index (κ2) is 10.9. The highest BCUT2D eigenvalue weighted by Gasteiger charge is 2.54. The normalized spacial score (nSPS) is 22.6. The summed E-state index contributed by atoms with van der Waals surface area (Å²) >= 11 is 0. The van der Waals surface area contributed by atoms with E-state index < -0.39 is 0 Å². The Kier molecular flexibility index (Phi) is 8.42. The van der Waals surface area contributed by atoms with E-state index in [2.05, 4.69) is 130 Å². The largest absolute Gasteiger partial charge is 0.494 e. The van der Waals surface area contributed by atoms with E-state index in [-0.39, 0.29) is 48.5 Å². The van der Waals surface area contributed by atoms with Crippen LogP contribution in [0.15, 0.2) is 48.5 Å². The van der Waals surface area contributed by atoms with Crippen LogP contribution in [0, 0.1) is 0 Å². The van der Waals surface area contributed by atoms with Gasteiger partial charge in [-0.05, 0) is 110 Å². The second-order valence-corrected chi connectivity index (χ2v) is 13.5. The summed E-state index contributed by atoms with van der Waals surface area (Å²) in [6.07, 6.45) is 3.52. The molecule has 0 amide bonds. The lowest BCUT2D eigenvalue weighted by atomic mass is 9.68. The smallest absolute Gasteiger partial charge is 0.403 e. The molecule has 2 fully saturated rings. The van der Waals surface area contributed by atoms with E-state index in [0.29, 0.717) is 0 Å². The number of benzene rings is 2. The van der Waals surface area contributed by atoms with Crippen molar-refractivity contribution in [2.24, 2.45) is 0 Å². The zero-order valence-electron chi connectivity index (χ0n) is 26.1. The van der Waals surface area contributed by atoms with Crippen molar-refractivity contribution < 1.29 is 18.6 Å². The molecule has 2 aliphatic heterocycles. The molecule has 1 unspecified atom stereocenters. The van der Waals surface area contributed by atoms with E-state index in [0.717, 1.165) is 23.3 Å². The average Bonchev–Trinajstić information content (AvgIpc) is 3.22. The Balaban J connectivity index is 1.63. The van der Waals surface area contributed by atoms with Gasteiger partial charge in [-0.1, -0.05) is 44.5 Å². The molecular weight excluding hydrogens is 484 g/mol. The van der Waals surface area contributed by atoms with Crippen molar-refractivity contribution in [1.29, 1.82) is 0 Å². The van der Waals surface area contributed by atoms with Crippen molar-refractivity contribution in [2.45, 2.75) is 130 Å². The molecule has 7 heteroatoms. The molecular formula is C32H49B2NO4. The summed E-state index contributed by atoms with van der Waals surface area (Å²) in [5.41, 5.74) is 3.23. The molecule has 5 nitrogen and oxygen atoms in total. The predicted molar refractivity (Wildman–Crippen MR) is 164 cm³/mol. The second-order valence-electron chi connectivity index (χ2n) is 13.5. The van der Waals surface area contributed by atoms with Crippen LogP contribution in [0.1, 0.15) is 94.6 Å². The highest BCUT2D eigenvalue weighted by atomic mass is 16.7. The fraction of sp³-hybridized carbons (Fsp3) is 0.625. The van der Waals surface area contributed by atoms with Gasteiger partial charge in [0, 0.05) is 23.2 Å². The molecule has 0 bridgehead atoms. The molecule has 4 rings (SSSR count). The van der Waals surface area contributed by atoms with Crippen LogP contribution in [0.5, 0.6) is 0 Å². The van der Waals surface area contributed by atoms with Gasteiger partial charge in [0.2, 0.25) is 0 Å². The number of aryl methyl sites for hydroxylation is 1.